The Balaban J connectivity index is 1.65. The lowest BCUT2D eigenvalue weighted by Crippen LogP contribution is -2.56. The van der Waals surface area contributed by atoms with E-state index < -0.39 is 11.5 Å². The highest BCUT2D eigenvalue weighted by Crippen LogP contribution is 2.44. The number of fused-ring (bicyclic) bond motifs is 1. The monoisotopic (exact) mass is 420 g/mol. The van der Waals surface area contributed by atoms with Crippen molar-refractivity contribution < 1.29 is 23.9 Å². The largest absolute Gasteiger partial charge is 0.497 e. The molecule has 0 spiro atoms. The SMILES string of the molecule is COc1ccc(CN2C(=O)CCC(N3C(=O)C(C)(C)c4cc(C=O)ccc43)C2=O)cc1. The van der Waals surface area contributed by atoms with Crippen molar-refractivity contribution in [3.8, 4) is 5.75 Å². The van der Waals surface area contributed by atoms with Crippen LogP contribution in [0, 0.1) is 0 Å². The van der Waals surface area contributed by atoms with Gasteiger partial charge < -0.3 is 4.74 Å². The van der Waals surface area contributed by atoms with Crippen molar-refractivity contribution in [1.82, 2.24) is 4.90 Å². The van der Waals surface area contributed by atoms with E-state index in [-0.39, 0.29) is 37.1 Å². The molecule has 0 N–H and O–H groups in total. The minimum atomic E-state index is -0.864. The normalized spacial score (nSPS) is 20.1. The maximum absolute atomic E-state index is 13.4. The Bertz CT molecular complexity index is 1070. The van der Waals surface area contributed by atoms with Crippen molar-refractivity contribution >= 4 is 29.7 Å². The number of carbonyl (C=O) groups is 4. The highest BCUT2D eigenvalue weighted by atomic mass is 16.5. The lowest BCUT2D eigenvalue weighted by Gasteiger charge is -2.36. The smallest absolute Gasteiger partial charge is 0.252 e. The summed E-state index contributed by atoms with van der Waals surface area (Å²) >= 11 is 0. The summed E-state index contributed by atoms with van der Waals surface area (Å²) in [6, 6.07) is 11.5. The summed E-state index contributed by atoms with van der Waals surface area (Å²) < 4.78 is 5.15. The van der Waals surface area contributed by atoms with E-state index in [0.29, 0.717) is 22.6 Å². The number of hydrogen-bond acceptors (Lipinski definition) is 5. The highest BCUT2D eigenvalue weighted by molar-refractivity contribution is 6.13. The number of nitrogens with zero attached hydrogens (tertiary/aromatic N) is 2. The fraction of sp³-hybridized carbons (Fsp3) is 0.333. The number of anilines is 1. The molecule has 160 valence electrons. The van der Waals surface area contributed by atoms with E-state index in [4.69, 9.17) is 4.74 Å². The number of hydrogen-bond donors (Lipinski definition) is 0. The number of piperidine rings is 1. The average Bonchev–Trinajstić information content (AvgIpc) is 2.97. The van der Waals surface area contributed by atoms with Crippen LogP contribution in [0.2, 0.25) is 0 Å². The van der Waals surface area contributed by atoms with Crippen molar-refractivity contribution in [2.24, 2.45) is 0 Å². The Labute approximate surface area is 180 Å². The third kappa shape index (κ3) is 3.40. The fourth-order valence-electron chi connectivity index (χ4n) is 4.31. The number of carbonyl (C=O) groups excluding carboxylic acids is 4. The van der Waals surface area contributed by atoms with Gasteiger partial charge in [0.05, 0.1) is 19.1 Å². The number of imide groups is 1. The molecule has 1 unspecified atom stereocenters. The molecule has 1 atom stereocenters. The first-order valence-corrected chi connectivity index (χ1v) is 10.2. The Kier molecular flexibility index (Phi) is 5.13. The molecule has 1 fully saturated rings. The molecule has 3 amide bonds. The van der Waals surface area contributed by atoms with Crippen molar-refractivity contribution in [2.75, 3.05) is 12.0 Å². The standard InChI is InChI=1S/C24H24N2O5/c1-24(2)18-12-16(14-27)6-9-19(18)26(23(24)30)20-10-11-21(28)25(22(20)29)13-15-4-7-17(31-3)8-5-15/h4-9,12,14,20H,10-11,13H2,1-3H3. The Morgan fingerprint density at radius 3 is 2.45 bits per heavy atom. The van der Waals surface area contributed by atoms with Crippen LogP contribution in [0.5, 0.6) is 5.75 Å². The molecule has 2 aromatic carbocycles. The third-order valence-electron chi connectivity index (χ3n) is 6.14. The maximum Gasteiger partial charge on any atom is 0.252 e. The summed E-state index contributed by atoms with van der Waals surface area (Å²) in [5.41, 5.74) is 1.75. The van der Waals surface area contributed by atoms with Crippen LogP contribution >= 0.6 is 0 Å². The zero-order chi connectivity index (χ0) is 22.3. The van der Waals surface area contributed by atoms with Crippen LogP contribution in [0.1, 0.15) is 48.2 Å². The van der Waals surface area contributed by atoms with Crippen LogP contribution in [-0.2, 0) is 26.3 Å². The minimum absolute atomic E-state index is 0.139. The van der Waals surface area contributed by atoms with Crippen molar-refractivity contribution in [1.29, 1.82) is 0 Å². The Hall–Kier alpha value is -3.48. The molecule has 31 heavy (non-hydrogen) atoms. The van der Waals surface area contributed by atoms with Crippen molar-refractivity contribution in [3.05, 3.63) is 59.2 Å². The van der Waals surface area contributed by atoms with Crippen LogP contribution in [0.25, 0.3) is 0 Å². The molecule has 4 rings (SSSR count). The molecule has 0 aromatic heterocycles. The van der Waals surface area contributed by atoms with Gasteiger partial charge in [-0.25, -0.2) is 0 Å². The second-order valence-corrected chi connectivity index (χ2v) is 8.42. The van der Waals surface area contributed by atoms with Crippen LogP contribution in [0.3, 0.4) is 0 Å². The topological polar surface area (TPSA) is 84.0 Å². The van der Waals surface area contributed by atoms with Crippen molar-refractivity contribution in [2.45, 2.75) is 44.7 Å². The fourth-order valence-corrected chi connectivity index (χ4v) is 4.31. The third-order valence-corrected chi connectivity index (χ3v) is 6.14. The van der Waals surface area contributed by atoms with Gasteiger partial charge in [-0.1, -0.05) is 12.1 Å². The van der Waals surface area contributed by atoms with Gasteiger partial charge in [0, 0.05) is 17.7 Å². The van der Waals surface area contributed by atoms with Crippen LogP contribution in [-0.4, -0.2) is 42.1 Å². The van der Waals surface area contributed by atoms with Gasteiger partial charge in [-0.05, 0) is 61.7 Å². The number of amides is 3. The molecule has 0 aliphatic carbocycles. The lowest BCUT2D eigenvalue weighted by atomic mass is 9.85. The number of ether oxygens (including phenoxy) is 1. The van der Waals surface area contributed by atoms with E-state index in [9.17, 15) is 19.2 Å². The quantitative estimate of drug-likeness (QED) is 0.549. The van der Waals surface area contributed by atoms with Gasteiger partial charge in [0.2, 0.25) is 11.8 Å². The zero-order valence-electron chi connectivity index (χ0n) is 17.8. The summed E-state index contributed by atoms with van der Waals surface area (Å²) in [6.45, 7) is 3.72. The highest BCUT2D eigenvalue weighted by Gasteiger charge is 2.50. The molecular weight excluding hydrogens is 396 g/mol. The van der Waals surface area contributed by atoms with E-state index >= 15 is 0 Å². The molecule has 0 bridgehead atoms. The van der Waals surface area contributed by atoms with Gasteiger partial charge in [0.1, 0.15) is 18.1 Å². The predicted octanol–water partition coefficient (Wildman–Crippen LogP) is 2.85. The summed E-state index contributed by atoms with van der Waals surface area (Å²) in [6.07, 6.45) is 1.19. The van der Waals surface area contributed by atoms with Gasteiger partial charge in [-0.2, -0.15) is 0 Å². The minimum Gasteiger partial charge on any atom is -0.497 e. The van der Waals surface area contributed by atoms with Crippen molar-refractivity contribution in [3.63, 3.8) is 0 Å². The molecule has 2 aliphatic heterocycles. The molecule has 2 aromatic rings. The average molecular weight is 420 g/mol. The summed E-state index contributed by atoms with van der Waals surface area (Å²) in [4.78, 5) is 53.2. The van der Waals surface area contributed by atoms with E-state index in [1.807, 2.05) is 12.1 Å². The van der Waals surface area contributed by atoms with E-state index in [1.165, 1.54) is 9.80 Å². The Morgan fingerprint density at radius 1 is 1.10 bits per heavy atom. The number of aldehydes is 1. The second-order valence-electron chi connectivity index (χ2n) is 8.42. The predicted molar refractivity (Wildman–Crippen MR) is 114 cm³/mol. The maximum atomic E-state index is 13.4. The van der Waals surface area contributed by atoms with Crippen LogP contribution in [0.4, 0.5) is 5.69 Å². The van der Waals surface area contributed by atoms with Gasteiger partial charge in [-0.3, -0.25) is 29.0 Å². The van der Waals surface area contributed by atoms with E-state index in [2.05, 4.69) is 0 Å². The zero-order valence-corrected chi connectivity index (χ0v) is 17.8. The molecule has 7 heteroatoms. The number of methoxy groups -OCH3 is 1. The number of rotatable bonds is 5. The van der Waals surface area contributed by atoms with Crippen LogP contribution in [0.15, 0.2) is 42.5 Å². The molecule has 0 radical (unpaired) electrons. The van der Waals surface area contributed by atoms with Crippen LogP contribution < -0.4 is 9.64 Å². The van der Waals surface area contributed by atoms with Gasteiger partial charge >= 0.3 is 0 Å². The summed E-state index contributed by atoms with van der Waals surface area (Å²) in [7, 11) is 1.57. The number of likely N-dealkylation sites (tertiary alicyclic amines) is 1. The van der Waals surface area contributed by atoms with Gasteiger partial charge in [0.15, 0.2) is 0 Å². The molecule has 0 saturated carbocycles. The molecule has 2 aliphatic rings. The number of benzene rings is 2. The van der Waals surface area contributed by atoms with Gasteiger partial charge in [0.25, 0.3) is 5.91 Å². The first-order valence-electron chi connectivity index (χ1n) is 10.2. The van der Waals surface area contributed by atoms with E-state index in [1.54, 1.807) is 51.3 Å². The Morgan fingerprint density at radius 2 is 1.81 bits per heavy atom. The summed E-state index contributed by atoms with van der Waals surface area (Å²) in [5.74, 6) is -0.153. The first-order chi connectivity index (χ1) is 14.8. The summed E-state index contributed by atoms with van der Waals surface area (Å²) in [5, 5.41) is 0. The molecular formula is C24H24N2O5. The lowest BCUT2D eigenvalue weighted by molar-refractivity contribution is -0.150. The first kappa shape index (κ1) is 20.8. The molecule has 7 nitrogen and oxygen atoms in total. The molecule has 1 saturated heterocycles. The molecule has 2 heterocycles. The van der Waals surface area contributed by atoms with Gasteiger partial charge in [-0.15, -0.1) is 0 Å². The van der Waals surface area contributed by atoms with E-state index in [0.717, 1.165) is 11.8 Å². The second kappa shape index (κ2) is 7.65.